The number of anilines is 1. The summed E-state index contributed by atoms with van der Waals surface area (Å²) in [7, 11) is 0. The number of nitrogens with two attached hydrogens (primary N) is 1. The summed E-state index contributed by atoms with van der Waals surface area (Å²) in [6.07, 6.45) is 1.39. The normalized spacial score (nSPS) is 10.4. The Kier molecular flexibility index (Phi) is 3.84. The summed E-state index contributed by atoms with van der Waals surface area (Å²) in [5.74, 6) is -1.36. The van der Waals surface area contributed by atoms with Crippen molar-refractivity contribution in [2.24, 2.45) is 0 Å². The Morgan fingerprint density at radius 2 is 2.05 bits per heavy atom. The van der Waals surface area contributed by atoms with Gasteiger partial charge in [-0.1, -0.05) is 12.1 Å². The second-order valence-electron chi connectivity index (χ2n) is 4.45. The van der Waals surface area contributed by atoms with Crippen LogP contribution in [0.15, 0.2) is 24.4 Å². The van der Waals surface area contributed by atoms with Gasteiger partial charge in [-0.15, -0.1) is 0 Å². The first-order valence-corrected chi connectivity index (χ1v) is 6.14. The molecule has 20 heavy (non-hydrogen) atoms. The van der Waals surface area contributed by atoms with Gasteiger partial charge in [-0.05, 0) is 18.6 Å². The Bertz CT molecular complexity index is 683. The van der Waals surface area contributed by atoms with Gasteiger partial charge in [0, 0.05) is 29.2 Å². The van der Waals surface area contributed by atoms with E-state index < -0.39 is 11.9 Å². The zero-order chi connectivity index (χ0) is 14.7. The van der Waals surface area contributed by atoms with Gasteiger partial charge in [0.05, 0.1) is 6.42 Å². The minimum absolute atomic E-state index is 0.0631. The van der Waals surface area contributed by atoms with Gasteiger partial charge in [0.25, 0.3) is 5.91 Å². The van der Waals surface area contributed by atoms with E-state index in [0.717, 1.165) is 10.9 Å². The molecule has 4 N–H and O–H groups in total. The summed E-state index contributed by atoms with van der Waals surface area (Å²) in [4.78, 5) is 26.5. The molecular formula is C14H15N3O3. The third-order valence-corrected chi connectivity index (χ3v) is 3.04. The molecule has 0 bridgehead atoms. The number of hydrogen-bond acceptors (Lipinski definition) is 4. The van der Waals surface area contributed by atoms with Crippen LogP contribution in [0, 0.1) is 6.92 Å². The lowest BCUT2D eigenvalue weighted by Gasteiger charge is -2.09. The molecule has 0 aliphatic heterocycles. The van der Waals surface area contributed by atoms with Crippen molar-refractivity contribution in [1.82, 2.24) is 10.3 Å². The number of aliphatic carboxylic acids is 1. The van der Waals surface area contributed by atoms with Gasteiger partial charge < -0.3 is 16.2 Å². The minimum atomic E-state index is -0.962. The van der Waals surface area contributed by atoms with E-state index >= 15 is 0 Å². The first-order valence-electron chi connectivity index (χ1n) is 6.14. The number of amides is 1. The van der Waals surface area contributed by atoms with Gasteiger partial charge in [0.1, 0.15) is 5.69 Å². The lowest BCUT2D eigenvalue weighted by Crippen LogP contribution is -2.27. The highest BCUT2D eigenvalue weighted by Crippen LogP contribution is 2.25. The standard InChI is InChI=1S/C14H15N3O3/c1-8-2-3-10-9(12(8)15)4-6-16-13(10)14(20)17-7-5-11(18)19/h2-4,6H,5,7,15H2,1H3,(H,17,20)(H,18,19). The van der Waals surface area contributed by atoms with Gasteiger partial charge in [-0.3, -0.25) is 14.6 Å². The smallest absolute Gasteiger partial charge is 0.305 e. The monoisotopic (exact) mass is 273 g/mol. The molecule has 0 atom stereocenters. The Morgan fingerprint density at radius 1 is 1.30 bits per heavy atom. The van der Waals surface area contributed by atoms with E-state index in [4.69, 9.17) is 10.8 Å². The molecule has 1 aromatic carbocycles. The zero-order valence-corrected chi connectivity index (χ0v) is 11.0. The fourth-order valence-corrected chi connectivity index (χ4v) is 1.93. The Morgan fingerprint density at radius 3 is 2.75 bits per heavy atom. The quantitative estimate of drug-likeness (QED) is 0.729. The van der Waals surface area contributed by atoms with Crippen molar-refractivity contribution in [3.63, 3.8) is 0 Å². The van der Waals surface area contributed by atoms with Crippen molar-refractivity contribution in [2.75, 3.05) is 12.3 Å². The van der Waals surface area contributed by atoms with E-state index in [0.29, 0.717) is 11.1 Å². The molecule has 0 unspecified atom stereocenters. The maximum atomic E-state index is 12.0. The number of carboxylic acids is 1. The minimum Gasteiger partial charge on any atom is -0.481 e. The molecule has 1 amide bonds. The SMILES string of the molecule is Cc1ccc2c(C(=O)NCCC(=O)O)nccc2c1N. The zero-order valence-electron chi connectivity index (χ0n) is 11.0. The van der Waals surface area contributed by atoms with Crippen molar-refractivity contribution in [3.8, 4) is 0 Å². The van der Waals surface area contributed by atoms with Gasteiger partial charge in [-0.2, -0.15) is 0 Å². The van der Waals surface area contributed by atoms with Crippen LogP contribution in [0.25, 0.3) is 10.8 Å². The fourth-order valence-electron chi connectivity index (χ4n) is 1.93. The van der Waals surface area contributed by atoms with E-state index in [1.54, 1.807) is 12.1 Å². The lowest BCUT2D eigenvalue weighted by molar-refractivity contribution is -0.136. The molecule has 2 rings (SSSR count). The van der Waals surface area contributed by atoms with Crippen LogP contribution in [0.3, 0.4) is 0 Å². The van der Waals surface area contributed by atoms with E-state index in [1.807, 2.05) is 13.0 Å². The highest BCUT2D eigenvalue weighted by atomic mass is 16.4. The number of rotatable bonds is 4. The van der Waals surface area contributed by atoms with Gasteiger partial charge >= 0.3 is 5.97 Å². The second-order valence-corrected chi connectivity index (χ2v) is 4.45. The van der Waals surface area contributed by atoms with Gasteiger partial charge in [-0.25, -0.2) is 0 Å². The molecule has 0 fully saturated rings. The van der Waals surface area contributed by atoms with Crippen LogP contribution in [-0.4, -0.2) is 28.5 Å². The average Bonchev–Trinajstić information content (AvgIpc) is 2.42. The number of nitrogen functional groups attached to an aromatic ring is 1. The summed E-state index contributed by atoms with van der Waals surface area (Å²) < 4.78 is 0. The number of carboxylic acid groups (broad SMARTS) is 1. The van der Waals surface area contributed by atoms with Gasteiger partial charge in [0.15, 0.2) is 0 Å². The summed E-state index contributed by atoms with van der Waals surface area (Å²) in [6.45, 7) is 1.95. The highest BCUT2D eigenvalue weighted by Gasteiger charge is 2.13. The van der Waals surface area contributed by atoms with Crippen LogP contribution in [0.4, 0.5) is 5.69 Å². The highest BCUT2D eigenvalue weighted by molar-refractivity contribution is 6.08. The van der Waals surface area contributed by atoms with Crippen LogP contribution >= 0.6 is 0 Å². The maximum absolute atomic E-state index is 12.0. The molecule has 6 nitrogen and oxygen atoms in total. The molecule has 104 valence electrons. The molecule has 0 radical (unpaired) electrons. The summed E-state index contributed by atoms with van der Waals surface area (Å²) in [6, 6.07) is 5.37. The predicted molar refractivity (Wildman–Crippen MR) is 75.5 cm³/mol. The van der Waals surface area contributed by atoms with Crippen LogP contribution < -0.4 is 11.1 Å². The van der Waals surface area contributed by atoms with Crippen molar-refractivity contribution in [3.05, 3.63) is 35.7 Å². The number of pyridine rings is 1. The van der Waals surface area contributed by atoms with Crippen molar-refractivity contribution in [1.29, 1.82) is 0 Å². The molecule has 0 aliphatic rings. The Balaban J connectivity index is 2.33. The molecule has 0 saturated heterocycles. The number of aromatic nitrogens is 1. The fraction of sp³-hybridized carbons (Fsp3) is 0.214. The van der Waals surface area contributed by atoms with Crippen molar-refractivity contribution >= 4 is 28.3 Å². The molecule has 1 heterocycles. The Labute approximate surface area is 115 Å². The Hall–Kier alpha value is -2.63. The summed E-state index contributed by atoms with van der Waals surface area (Å²) in [5, 5.41) is 12.5. The van der Waals surface area contributed by atoms with Crippen LogP contribution in [0.1, 0.15) is 22.5 Å². The third-order valence-electron chi connectivity index (χ3n) is 3.04. The third kappa shape index (κ3) is 2.69. The lowest BCUT2D eigenvalue weighted by atomic mass is 10.0. The summed E-state index contributed by atoms with van der Waals surface area (Å²) >= 11 is 0. The summed E-state index contributed by atoms with van der Waals surface area (Å²) in [5.41, 5.74) is 7.79. The molecule has 6 heteroatoms. The maximum Gasteiger partial charge on any atom is 0.305 e. The first kappa shape index (κ1) is 13.8. The molecule has 0 saturated carbocycles. The van der Waals surface area contributed by atoms with Crippen LogP contribution in [0.5, 0.6) is 0 Å². The van der Waals surface area contributed by atoms with Crippen LogP contribution in [-0.2, 0) is 4.79 Å². The molecule has 0 aliphatic carbocycles. The predicted octanol–water partition coefficient (Wildman–Crippen LogP) is 1.33. The molecule has 1 aromatic heterocycles. The number of carbonyl (C=O) groups excluding carboxylic acids is 1. The van der Waals surface area contributed by atoms with E-state index in [9.17, 15) is 9.59 Å². The van der Waals surface area contributed by atoms with Crippen molar-refractivity contribution in [2.45, 2.75) is 13.3 Å². The molecule has 0 spiro atoms. The topological polar surface area (TPSA) is 105 Å². The number of carbonyl (C=O) groups is 2. The van der Waals surface area contributed by atoms with Crippen LogP contribution in [0.2, 0.25) is 0 Å². The van der Waals surface area contributed by atoms with E-state index in [-0.39, 0.29) is 18.7 Å². The largest absolute Gasteiger partial charge is 0.481 e. The first-order chi connectivity index (χ1) is 9.50. The number of nitrogens with zero attached hydrogens (tertiary/aromatic N) is 1. The number of hydrogen-bond donors (Lipinski definition) is 3. The molecular weight excluding hydrogens is 258 g/mol. The van der Waals surface area contributed by atoms with E-state index in [1.165, 1.54) is 6.20 Å². The van der Waals surface area contributed by atoms with E-state index in [2.05, 4.69) is 10.3 Å². The number of benzene rings is 1. The number of nitrogens with one attached hydrogen (secondary N) is 1. The van der Waals surface area contributed by atoms with Gasteiger partial charge in [0.2, 0.25) is 0 Å². The molecule has 2 aromatic rings. The number of fused-ring (bicyclic) bond motifs is 1. The van der Waals surface area contributed by atoms with Crippen molar-refractivity contribution < 1.29 is 14.7 Å². The average molecular weight is 273 g/mol. The number of aryl methyl sites for hydroxylation is 1. The second kappa shape index (κ2) is 5.56.